The van der Waals surface area contributed by atoms with Crippen LogP contribution in [0.5, 0.6) is 17.2 Å². The van der Waals surface area contributed by atoms with Gasteiger partial charge in [-0.1, -0.05) is 17.7 Å². The lowest BCUT2D eigenvalue weighted by atomic mass is 9.97. The molecule has 11 heteroatoms. The van der Waals surface area contributed by atoms with Gasteiger partial charge in [-0.2, -0.15) is 4.31 Å². The van der Waals surface area contributed by atoms with Crippen LogP contribution >= 0.6 is 11.6 Å². The summed E-state index contributed by atoms with van der Waals surface area (Å²) in [7, 11) is -1.90. The molecule has 1 unspecified atom stereocenters. The van der Waals surface area contributed by atoms with E-state index >= 15 is 0 Å². The molecule has 202 valence electrons. The molecule has 1 aliphatic carbocycles. The lowest BCUT2D eigenvalue weighted by Gasteiger charge is -2.27. The Labute approximate surface area is 227 Å². The lowest BCUT2D eigenvalue weighted by Crippen LogP contribution is -2.40. The first-order valence-electron chi connectivity index (χ1n) is 12.8. The maximum absolute atomic E-state index is 13.6. The number of sulfonamides is 1. The highest BCUT2D eigenvalue weighted by Gasteiger charge is 2.39. The van der Waals surface area contributed by atoms with Gasteiger partial charge in [0.25, 0.3) is 0 Å². The van der Waals surface area contributed by atoms with Gasteiger partial charge in [-0.05, 0) is 60.9 Å². The van der Waals surface area contributed by atoms with E-state index in [1.54, 1.807) is 12.1 Å². The number of hydrogen-bond acceptors (Lipinski definition) is 7. The van der Waals surface area contributed by atoms with E-state index in [1.165, 1.54) is 10.4 Å². The summed E-state index contributed by atoms with van der Waals surface area (Å²) in [6, 6.07) is 10.3. The number of rotatable bonds is 8. The molecule has 0 spiro atoms. The molecule has 2 aromatic rings. The van der Waals surface area contributed by atoms with Crippen LogP contribution < -0.4 is 19.5 Å². The third-order valence-electron chi connectivity index (χ3n) is 7.34. The van der Waals surface area contributed by atoms with Crippen molar-refractivity contribution >= 4 is 27.5 Å². The number of carbonyl (C=O) groups is 1. The maximum atomic E-state index is 13.6. The van der Waals surface area contributed by atoms with Gasteiger partial charge in [0.15, 0.2) is 11.5 Å². The number of nitrogens with one attached hydrogen (secondary N) is 1. The minimum Gasteiger partial charge on any atom is -0.489 e. The number of halogens is 1. The van der Waals surface area contributed by atoms with Crippen LogP contribution in [0, 0.1) is 0 Å². The molecule has 3 aliphatic heterocycles. The van der Waals surface area contributed by atoms with Crippen LogP contribution in [-0.2, 0) is 14.8 Å². The van der Waals surface area contributed by atoms with Crippen molar-refractivity contribution in [1.29, 1.82) is 0 Å². The second-order valence-corrected chi connectivity index (χ2v) is 12.4. The van der Waals surface area contributed by atoms with E-state index < -0.39 is 15.9 Å². The molecule has 0 bridgehead atoms. The van der Waals surface area contributed by atoms with E-state index in [0.29, 0.717) is 55.1 Å². The van der Waals surface area contributed by atoms with Crippen molar-refractivity contribution in [3.63, 3.8) is 0 Å². The molecule has 0 aromatic heterocycles. The van der Waals surface area contributed by atoms with Gasteiger partial charge >= 0.3 is 0 Å². The van der Waals surface area contributed by atoms with Gasteiger partial charge in [-0.15, -0.1) is 0 Å². The normalized spacial score (nSPS) is 20.0. The van der Waals surface area contributed by atoms with Crippen molar-refractivity contribution in [2.75, 3.05) is 53.0 Å². The van der Waals surface area contributed by atoms with Crippen LogP contribution in [0.2, 0.25) is 5.02 Å². The third kappa shape index (κ3) is 4.86. The summed E-state index contributed by atoms with van der Waals surface area (Å²) in [6.07, 6.45) is 2.33. The van der Waals surface area contributed by atoms with E-state index in [1.807, 2.05) is 30.1 Å². The predicted octanol–water partition coefficient (Wildman–Crippen LogP) is 2.80. The van der Waals surface area contributed by atoms with Gasteiger partial charge < -0.3 is 24.4 Å². The molecule has 4 aliphatic rings. The molecule has 0 saturated heterocycles. The van der Waals surface area contributed by atoms with Crippen LogP contribution in [-0.4, -0.2) is 82.6 Å². The van der Waals surface area contributed by atoms with Crippen LogP contribution in [0.4, 0.5) is 0 Å². The highest BCUT2D eigenvalue weighted by Crippen LogP contribution is 2.37. The van der Waals surface area contributed by atoms with Gasteiger partial charge in [0.2, 0.25) is 15.9 Å². The number of fused-ring (bicyclic) bond motifs is 1. The Kier molecular flexibility index (Phi) is 6.75. The fraction of sp³-hybridized carbons (Fsp3) is 0.444. The number of amides is 1. The van der Waals surface area contributed by atoms with Crippen LogP contribution in [0.1, 0.15) is 24.3 Å². The maximum Gasteiger partial charge on any atom is 0.243 e. The van der Waals surface area contributed by atoms with Gasteiger partial charge in [0, 0.05) is 38.8 Å². The van der Waals surface area contributed by atoms with Crippen molar-refractivity contribution in [1.82, 2.24) is 14.5 Å². The number of hydrogen-bond donors (Lipinski definition) is 1. The fourth-order valence-corrected chi connectivity index (χ4v) is 6.85. The second kappa shape index (κ2) is 10.1. The Bertz CT molecular complexity index is 1390. The molecule has 0 radical (unpaired) electrons. The summed E-state index contributed by atoms with van der Waals surface area (Å²) >= 11 is 6.48. The molecular formula is C27H30ClN3O6S. The van der Waals surface area contributed by atoms with Crippen LogP contribution in [0.25, 0.3) is 0 Å². The molecule has 1 atom stereocenters. The highest BCUT2D eigenvalue weighted by atomic mass is 35.5. The highest BCUT2D eigenvalue weighted by molar-refractivity contribution is 7.89. The summed E-state index contributed by atoms with van der Waals surface area (Å²) in [4.78, 5) is 15.6. The van der Waals surface area contributed by atoms with Crippen LogP contribution in [0.15, 0.2) is 52.4 Å². The average Bonchev–Trinajstić information content (AvgIpc) is 3.50. The summed E-state index contributed by atoms with van der Waals surface area (Å²) in [6.45, 7) is 2.66. The zero-order valence-electron chi connectivity index (χ0n) is 21.1. The van der Waals surface area contributed by atoms with E-state index in [4.69, 9.17) is 25.8 Å². The summed E-state index contributed by atoms with van der Waals surface area (Å²) in [5.74, 6) is 1.21. The van der Waals surface area contributed by atoms with Crippen molar-refractivity contribution in [3.05, 3.63) is 58.1 Å². The van der Waals surface area contributed by atoms with Crippen LogP contribution in [0.3, 0.4) is 0 Å². The molecule has 3 heterocycles. The molecule has 38 heavy (non-hydrogen) atoms. The predicted molar refractivity (Wildman–Crippen MR) is 142 cm³/mol. The Hall–Kier alpha value is -2.79. The van der Waals surface area contributed by atoms with Crippen molar-refractivity contribution in [2.24, 2.45) is 0 Å². The van der Waals surface area contributed by atoms with Gasteiger partial charge in [0.1, 0.15) is 19.0 Å². The zero-order chi connectivity index (χ0) is 26.4. The number of carbonyl (C=O) groups excluding carboxylic acids is 1. The molecule has 1 fully saturated rings. The molecule has 6 rings (SSSR count). The van der Waals surface area contributed by atoms with E-state index in [9.17, 15) is 13.2 Å². The Balaban J connectivity index is 1.12. The molecule has 1 saturated carbocycles. The first-order chi connectivity index (χ1) is 18.3. The third-order valence-corrected chi connectivity index (χ3v) is 9.43. The van der Waals surface area contributed by atoms with Gasteiger partial charge in [-0.25, -0.2) is 8.42 Å². The Morgan fingerprint density at radius 2 is 1.76 bits per heavy atom. The van der Waals surface area contributed by atoms with Crippen molar-refractivity contribution in [3.8, 4) is 17.2 Å². The number of nitrogens with zero attached hydrogens (tertiary/aromatic N) is 2. The number of likely N-dealkylation sites (N-methyl/N-ethyl adjacent to an activating group) is 1. The second-order valence-electron chi connectivity index (χ2n) is 10.1. The van der Waals surface area contributed by atoms with Crippen molar-refractivity contribution < 1.29 is 27.4 Å². The minimum atomic E-state index is -3.72. The summed E-state index contributed by atoms with van der Waals surface area (Å²) in [5.41, 5.74) is 2.79. The fourth-order valence-electron chi connectivity index (χ4n) is 5.17. The Morgan fingerprint density at radius 1 is 1.05 bits per heavy atom. The van der Waals surface area contributed by atoms with Crippen molar-refractivity contribution in [2.45, 2.75) is 29.8 Å². The average molecular weight is 560 g/mol. The molecular weight excluding hydrogens is 530 g/mol. The van der Waals surface area contributed by atoms with Gasteiger partial charge in [-0.3, -0.25) is 4.79 Å². The standard InChI is InChI=1S/C27H30ClN3O6S/c1-29-12-22(17-2-6-24(23(28)10-17)37-20-3-4-20)27(32)30-13-18-15-31(16-19(18)14-30)38(33,34)21-5-7-25-26(11-21)36-9-8-35-25/h2,5-7,10-11,20,22,29H,3-4,8-9,12-16H2,1H3. The smallest absolute Gasteiger partial charge is 0.243 e. The van der Waals surface area contributed by atoms with E-state index in [0.717, 1.165) is 29.6 Å². The van der Waals surface area contributed by atoms with E-state index in [-0.39, 0.29) is 30.0 Å². The number of ether oxygens (including phenoxy) is 3. The summed E-state index contributed by atoms with van der Waals surface area (Å²) in [5, 5.41) is 3.63. The topological polar surface area (TPSA) is 97.4 Å². The van der Waals surface area contributed by atoms with Gasteiger partial charge in [0.05, 0.1) is 21.9 Å². The monoisotopic (exact) mass is 559 g/mol. The zero-order valence-corrected chi connectivity index (χ0v) is 22.7. The largest absolute Gasteiger partial charge is 0.489 e. The SMILES string of the molecule is CNCC(C(=O)N1CC2=C(C1)CN(S(=O)(=O)c1ccc3c(c1)OCCO3)C2)c1ccc(OC2CC2)c(Cl)c1. The quantitative estimate of drug-likeness (QED) is 0.497. The first kappa shape index (κ1) is 25.5. The molecule has 2 aromatic carbocycles. The number of benzene rings is 2. The summed E-state index contributed by atoms with van der Waals surface area (Å²) < 4.78 is 45.1. The molecule has 1 amide bonds. The minimum absolute atomic E-state index is 0.0121. The molecule has 1 N–H and O–H groups in total. The molecule has 9 nitrogen and oxygen atoms in total. The van der Waals surface area contributed by atoms with E-state index in [2.05, 4.69) is 5.32 Å². The first-order valence-corrected chi connectivity index (χ1v) is 14.6. The lowest BCUT2D eigenvalue weighted by molar-refractivity contribution is -0.131. The Morgan fingerprint density at radius 3 is 2.42 bits per heavy atom.